The highest BCUT2D eigenvalue weighted by Crippen LogP contribution is 2.26. The fourth-order valence-corrected chi connectivity index (χ4v) is 2.22. The highest BCUT2D eigenvalue weighted by Gasteiger charge is 2.10. The third-order valence-electron chi connectivity index (χ3n) is 3.61. The van der Waals surface area contributed by atoms with E-state index in [4.69, 9.17) is 15.7 Å². The quantitative estimate of drug-likeness (QED) is 0.904. The second-order valence-corrected chi connectivity index (χ2v) is 5.09. The predicted octanol–water partition coefficient (Wildman–Crippen LogP) is 3.86. The van der Waals surface area contributed by atoms with E-state index in [2.05, 4.69) is 13.0 Å². The van der Waals surface area contributed by atoms with Crippen LogP contribution in [0.4, 0.5) is 0 Å². The lowest BCUT2D eigenvalue weighted by Crippen LogP contribution is -2.11. The molecule has 0 amide bonds. The van der Waals surface area contributed by atoms with Crippen molar-refractivity contribution >= 4 is 0 Å². The van der Waals surface area contributed by atoms with Crippen LogP contribution in [0.1, 0.15) is 41.6 Å². The van der Waals surface area contributed by atoms with E-state index in [1.165, 1.54) is 0 Å². The standard InChI is InChI=1S/C18H20N2O/c1-3-17(20)16-6-4-5-7-18(16)21-12-15-9-8-14(11-19)10-13(15)2/h4-10,17H,3,12,20H2,1-2H3/t17-/m1/s1. The Morgan fingerprint density at radius 2 is 2.00 bits per heavy atom. The number of aryl methyl sites for hydroxylation is 1. The van der Waals surface area contributed by atoms with Gasteiger partial charge >= 0.3 is 0 Å². The van der Waals surface area contributed by atoms with Gasteiger partial charge in [0.15, 0.2) is 0 Å². The van der Waals surface area contributed by atoms with Gasteiger partial charge in [-0.25, -0.2) is 0 Å². The van der Waals surface area contributed by atoms with E-state index in [0.29, 0.717) is 12.2 Å². The molecule has 2 rings (SSSR count). The van der Waals surface area contributed by atoms with Crippen LogP contribution in [0.25, 0.3) is 0 Å². The van der Waals surface area contributed by atoms with Gasteiger partial charge in [0.25, 0.3) is 0 Å². The summed E-state index contributed by atoms with van der Waals surface area (Å²) in [7, 11) is 0. The molecule has 0 aliphatic heterocycles. The SMILES string of the molecule is CC[C@@H](N)c1ccccc1OCc1ccc(C#N)cc1C. The van der Waals surface area contributed by atoms with Gasteiger partial charge in [-0.1, -0.05) is 31.2 Å². The van der Waals surface area contributed by atoms with Crippen LogP contribution in [-0.4, -0.2) is 0 Å². The molecule has 0 spiro atoms. The molecule has 108 valence electrons. The molecule has 0 aliphatic rings. The van der Waals surface area contributed by atoms with Crippen molar-refractivity contribution in [2.24, 2.45) is 5.73 Å². The van der Waals surface area contributed by atoms with Crippen LogP contribution in [0, 0.1) is 18.3 Å². The molecule has 0 radical (unpaired) electrons. The Kier molecular flexibility index (Phi) is 4.97. The maximum atomic E-state index is 8.89. The van der Waals surface area contributed by atoms with Crippen molar-refractivity contribution in [1.29, 1.82) is 5.26 Å². The normalized spacial score (nSPS) is 11.7. The highest BCUT2D eigenvalue weighted by molar-refractivity contribution is 5.39. The summed E-state index contributed by atoms with van der Waals surface area (Å²) in [6.45, 7) is 4.53. The zero-order chi connectivity index (χ0) is 15.2. The Balaban J connectivity index is 2.16. The Labute approximate surface area is 126 Å². The average Bonchev–Trinajstić information content (AvgIpc) is 2.53. The summed E-state index contributed by atoms with van der Waals surface area (Å²) in [5.74, 6) is 0.829. The molecule has 1 atom stereocenters. The number of ether oxygens (including phenoxy) is 1. The number of nitrogens with zero attached hydrogens (tertiary/aromatic N) is 1. The monoisotopic (exact) mass is 280 g/mol. The molecule has 2 aromatic carbocycles. The number of rotatable bonds is 5. The van der Waals surface area contributed by atoms with Crippen LogP contribution in [0.3, 0.4) is 0 Å². The van der Waals surface area contributed by atoms with Crippen molar-refractivity contribution in [1.82, 2.24) is 0 Å². The van der Waals surface area contributed by atoms with Crippen molar-refractivity contribution in [3.63, 3.8) is 0 Å². The third-order valence-corrected chi connectivity index (χ3v) is 3.61. The summed E-state index contributed by atoms with van der Waals surface area (Å²) in [6.07, 6.45) is 0.871. The second-order valence-electron chi connectivity index (χ2n) is 5.09. The van der Waals surface area contributed by atoms with Gasteiger partial charge in [-0.15, -0.1) is 0 Å². The van der Waals surface area contributed by atoms with Crippen LogP contribution in [-0.2, 0) is 6.61 Å². The van der Waals surface area contributed by atoms with Gasteiger partial charge in [0.2, 0.25) is 0 Å². The third kappa shape index (κ3) is 3.62. The minimum absolute atomic E-state index is 0.0109. The van der Waals surface area contributed by atoms with Crippen LogP contribution in [0.5, 0.6) is 5.75 Å². The van der Waals surface area contributed by atoms with Crippen molar-refractivity contribution in [3.05, 3.63) is 64.7 Å². The molecule has 0 unspecified atom stereocenters. The molecule has 2 aromatic rings. The molecule has 3 heteroatoms. The number of nitriles is 1. The minimum atomic E-state index is -0.0109. The number of hydrogen-bond acceptors (Lipinski definition) is 3. The van der Waals surface area contributed by atoms with Crippen molar-refractivity contribution in [3.8, 4) is 11.8 Å². The van der Waals surface area contributed by atoms with E-state index in [1.54, 1.807) is 0 Å². The van der Waals surface area contributed by atoms with Gasteiger partial charge in [0.05, 0.1) is 11.6 Å². The number of nitrogens with two attached hydrogens (primary N) is 1. The molecular weight excluding hydrogens is 260 g/mol. The first-order chi connectivity index (χ1) is 10.2. The van der Waals surface area contributed by atoms with Crippen LogP contribution >= 0.6 is 0 Å². The lowest BCUT2D eigenvalue weighted by molar-refractivity contribution is 0.300. The smallest absolute Gasteiger partial charge is 0.124 e. The maximum Gasteiger partial charge on any atom is 0.124 e. The average molecular weight is 280 g/mol. The predicted molar refractivity (Wildman–Crippen MR) is 83.9 cm³/mol. The Bertz CT molecular complexity index is 659. The van der Waals surface area contributed by atoms with E-state index in [1.807, 2.05) is 49.4 Å². The lowest BCUT2D eigenvalue weighted by Gasteiger charge is -2.16. The summed E-state index contributed by atoms with van der Waals surface area (Å²) < 4.78 is 5.94. The Morgan fingerprint density at radius 1 is 1.24 bits per heavy atom. The number of benzene rings is 2. The molecule has 21 heavy (non-hydrogen) atoms. The second kappa shape index (κ2) is 6.92. The molecular formula is C18H20N2O. The van der Waals surface area contributed by atoms with Gasteiger partial charge in [0, 0.05) is 11.6 Å². The maximum absolute atomic E-state index is 8.89. The fourth-order valence-electron chi connectivity index (χ4n) is 2.22. The molecule has 0 saturated carbocycles. The van der Waals surface area contributed by atoms with Gasteiger partial charge in [-0.2, -0.15) is 5.26 Å². The number of para-hydroxylation sites is 1. The Morgan fingerprint density at radius 3 is 2.67 bits per heavy atom. The van der Waals surface area contributed by atoms with Crippen LogP contribution in [0.2, 0.25) is 0 Å². The molecule has 0 fully saturated rings. The minimum Gasteiger partial charge on any atom is -0.489 e. The van der Waals surface area contributed by atoms with E-state index in [0.717, 1.165) is 28.9 Å². The summed E-state index contributed by atoms with van der Waals surface area (Å²) in [5.41, 5.74) is 9.96. The first kappa shape index (κ1) is 15.1. The first-order valence-corrected chi connectivity index (χ1v) is 7.12. The largest absolute Gasteiger partial charge is 0.489 e. The summed E-state index contributed by atoms with van der Waals surface area (Å²) in [6, 6.07) is 15.7. The van der Waals surface area contributed by atoms with Crippen molar-refractivity contribution < 1.29 is 4.74 Å². The molecule has 0 saturated heterocycles. The van der Waals surface area contributed by atoms with Crippen LogP contribution < -0.4 is 10.5 Å². The summed E-state index contributed by atoms with van der Waals surface area (Å²) in [5, 5.41) is 8.89. The Hall–Kier alpha value is -2.31. The molecule has 0 bridgehead atoms. The zero-order valence-electron chi connectivity index (χ0n) is 12.5. The van der Waals surface area contributed by atoms with Gasteiger partial charge in [-0.05, 0) is 42.7 Å². The van der Waals surface area contributed by atoms with Crippen LogP contribution in [0.15, 0.2) is 42.5 Å². The molecule has 3 nitrogen and oxygen atoms in total. The van der Waals surface area contributed by atoms with Crippen molar-refractivity contribution in [2.45, 2.75) is 32.9 Å². The molecule has 0 heterocycles. The summed E-state index contributed by atoms with van der Waals surface area (Å²) in [4.78, 5) is 0. The lowest BCUT2D eigenvalue weighted by atomic mass is 10.0. The van der Waals surface area contributed by atoms with E-state index in [-0.39, 0.29) is 6.04 Å². The summed E-state index contributed by atoms with van der Waals surface area (Å²) >= 11 is 0. The van der Waals surface area contributed by atoms with Crippen molar-refractivity contribution in [2.75, 3.05) is 0 Å². The first-order valence-electron chi connectivity index (χ1n) is 7.12. The van der Waals surface area contributed by atoms with Gasteiger partial charge < -0.3 is 10.5 Å². The molecule has 0 aliphatic carbocycles. The van der Waals surface area contributed by atoms with E-state index < -0.39 is 0 Å². The van der Waals surface area contributed by atoms with Gasteiger partial charge in [0.1, 0.15) is 12.4 Å². The van der Waals surface area contributed by atoms with Gasteiger partial charge in [-0.3, -0.25) is 0 Å². The van der Waals surface area contributed by atoms with E-state index >= 15 is 0 Å². The van der Waals surface area contributed by atoms with E-state index in [9.17, 15) is 0 Å². The topological polar surface area (TPSA) is 59.0 Å². The highest BCUT2D eigenvalue weighted by atomic mass is 16.5. The fraction of sp³-hybridized carbons (Fsp3) is 0.278. The molecule has 2 N–H and O–H groups in total. The number of hydrogen-bond donors (Lipinski definition) is 1. The zero-order valence-corrected chi connectivity index (χ0v) is 12.5. The molecule has 0 aromatic heterocycles.